The highest BCUT2D eigenvalue weighted by Crippen LogP contribution is 2.69. The van der Waals surface area contributed by atoms with Crippen molar-refractivity contribution in [2.45, 2.75) is 159 Å². The van der Waals surface area contributed by atoms with E-state index < -0.39 is 5.60 Å². The third kappa shape index (κ3) is 7.59. The number of benzene rings is 2. The van der Waals surface area contributed by atoms with Crippen LogP contribution in [0.15, 0.2) is 82.6 Å². The van der Waals surface area contributed by atoms with Gasteiger partial charge in [-0.15, -0.1) is 0 Å². The summed E-state index contributed by atoms with van der Waals surface area (Å²) in [6.45, 7) is 11.5. The normalized spacial score (nSPS) is 42.0. The van der Waals surface area contributed by atoms with Crippen molar-refractivity contribution < 1.29 is 19.4 Å². The van der Waals surface area contributed by atoms with Crippen molar-refractivity contribution in [1.29, 1.82) is 0 Å². The Hall–Kier alpha value is -3.13. The second-order valence-electron chi connectivity index (χ2n) is 22.2. The molecule has 6 aliphatic carbocycles. The molecule has 7 nitrogen and oxygen atoms in total. The van der Waals surface area contributed by atoms with Crippen LogP contribution < -0.4 is 11.1 Å². The lowest BCUT2D eigenvalue weighted by molar-refractivity contribution is -0.127. The molecule has 60 heavy (non-hydrogen) atoms. The van der Waals surface area contributed by atoms with Crippen LogP contribution in [0.4, 0.5) is 0 Å². The number of rotatable bonds is 10. The first-order valence-electron chi connectivity index (χ1n) is 24.2. The molecule has 10 rings (SSSR count). The lowest BCUT2D eigenvalue weighted by Gasteiger charge is -2.58. The first kappa shape index (κ1) is 40.9. The zero-order valence-corrected chi connectivity index (χ0v) is 36.6. The Morgan fingerprint density at radius 1 is 0.900 bits per heavy atom. The maximum atomic E-state index is 11.8. The number of hydrogen-bond acceptors (Lipinski definition) is 5. The minimum Gasteiger partial charge on any atom is -0.471 e. The Kier molecular flexibility index (Phi) is 10.8. The fourth-order valence-electron chi connectivity index (χ4n) is 15.3. The lowest BCUT2D eigenvalue weighted by Crippen LogP contribution is -2.51. The number of nitrogens with zero attached hydrogens (tertiary/aromatic N) is 1. The summed E-state index contributed by atoms with van der Waals surface area (Å²) in [5.74, 6) is 5.09. The zero-order valence-electron chi connectivity index (χ0n) is 36.6. The molecule has 3 aromatic rings. The standard InChI is InChI=1S/C53H73N3O4/c1-34-25-52(23-20-38(26-52)37-15-17-41-18-19-43(57)28-53(41,58)27-37)48-51(3,60-48)22-21-47-45(34)29-50(47,2)42-16-13-36(24-42)30-55-49(54)56-31-39(14-12-35-8-5-4-6-9-35)44-11-7-10-40-32-59-33-46(40)44/h4-11,32-33,36-39,41-43,45,47-48,57-58H,1,12-31H2,2-3H3,(H3,54,55,56)/t36-,37+,38-,39-,41-,42+,43-,45+,47+,48+,50+,51+,52+,53+/m0/s1. The van der Waals surface area contributed by atoms with Crippen molar-refractivity contribution in [2.75, 3.05) is 13.1 Å². The topological polar surface area (TPSA) is 117 Å². The van der Waals surface area contributed by atoms with Crippen LogP contribution in [0.25, 0.3) is 10.8 Å². The number of fused-ring (bicyclic) bond motifs is 5. The molecule has 1 aliphatic heterocycles. The number of ether oxygens (including phenoxy) is 1. The molecule has 2 aromatic carbocycles. The largest absolute Gasteiger partial charge is 0.471 e. The number of furan rings is 1. The van der Waals surface area contributed by atoms with Crippen LogP contribution in [-0.4, -0.2) is 52.7 Å². The van der Waals surface area contributed by atoms with E-state index in [2.05, 4.69) is 67.7 Å². The molecule has 1 aromatic heterocycles. The average Bonchev–Trinajstić information content (AvgIpc) is 3.69. The molecule has 0 bridgehead atoms. The van der Waals surface area contributed by atoms with E-state index in [-0.39, 0.29) is 23.0 Å². The summed E-state index contributed by atoms with van der Waals surface area (Å²) >= 11 is 0. The van der Waals surface area contributed by atoms with E-state index in [0.29, 0.717) is 66.0 Å². The number of hydrogen-bond donors (Lipinski definition) is 4. The van der Waals surface area contributed by atoms with Crippen LogP contribution in [0, 0.1) is 52.3 Å². The van der Waals surface area contributed by atoms with Crippen LogP contribution in [0.3, 0.4) is 0 Å². The predicted molar refractivity (Wildman–Crippen MR) is 240 cm³/mol. The van der Waals surface area contributed by atoms with Gasteiger partial charge in [-0.1, -0.05) is 67.6 Å². The Morgan fingerprint density at radius 3 is 2.58 bits per heavy atom. The summed E-state index contributed by atoms with van der Waals surface area (Å²) in [6, 6.07) is 17.2. The fourth-order valence-corrected chi connectivity index (χ4v) is 15.3. The second kappa shape index (κ2) is 15.9. The van der Waals surface area contributed by atoms with Gasteiger partial charge >= 0.3 is 0 Å². The van der Waals surface area contributed by atoms with Crippen LogP contribution >= 0.6 is 0 Å². The van der Waals surface area contributed by atoms with Crippen LogP contribution in [0.1, 0.15) is 140 Å². The van der Waals surface area contributed by atoms with Gasteiger partial charge in [-0.25, -0.2) is 0 Å². The van der Waals surface area contributed by atoms with E-state index in [4.69, 9.17) is 26.5 Å². The third-order valence-electron chi connectivity index (χ3n) is 18.7. The maximum absolute atomic E-state index is 11.8. The molecule has 6 saturated carbocycles. The minimum atomic E-state index is -0.661. The van der Waals surface area contributed by atoms with Crippen molar-refractivity contribution in [1.82, 2.24) is 5.32 Å². The molecular weight excluding hydrogens is 743 g/mol. The van der Waals surface area contributed by atoms with Crippen molar-refractivity contribution in [3.63, 3.8) is 0 Å². The number of aliphatic hydroxyl groups excluding tert-OH is 1. The number of guanidine groups is 1. The first-order valence-corrected chi connectivity index (χ1v) is 24.2. The molecule has 7 aliphatic rings. The Morgan fingerprint density at radius 2 is 1.72 bits per heavy atom. The van der Waals surface area contributed by atoms with Gasteiger partial charge < -0.3 is 30.4 Å². The molecule has 7 heteroatoms. The molecule has 0 amide bonds. The first-order chi connectivity index (χ1) is 28.9. The number of nitrogens with one attached hydrogen (secondary N) is 1. The molecule has 1 spiro atoms. The van der Waals surface area contributed by atoms with Crippen LogP contribution in [0.5, 0.6) is 0 Å². The van der Waals surface area contributed by atoms with E-state index in [1.54, 1.807) is 0 Å². The van der Waals surface area contributed by atoms with Crippen molar-refractivity contribution in [3.05, 3.63) is 84.3 Å². The highest BCUT2D eigenvalue weighted by Gasteiger charge is 2.67. The third-order valence-corrected chi connectivity index (χ3v) is 18.7. The maximum Gasteiger partial charge on any atom is 0.188 e. The summed E-state index contributed by atoms with van der Waals surface area (Å²) in [5.41, 5.74) is 10.7. The highest BCUT2D eigenvalue weighted by molar-refractivity contribution is 5.85. The molecule has 0 unspecified atom stereocenters. The van der Waals surface area contributed by atoms with Gasteiger partial charge in [0.05, 0.1) is 35.9 Å². The van der Waals surface area contributed by atoms with Crippen LogP contribution in [-0.2, 0) is 11.2 Å². The molecule has 1 saturated heterocycles. The van der Waals surface area contributed by atoms with Gasteiger partial charge in [0.25, 0.3) is 0 Å². The van der Waals surface area contributed by atoms with Gasteiger partial charge in [0, 0.05) is 41.6 Å². The average molecular weight is 816 g/mol. The number of nitrogens with two attached hydrogens (primary N) is 1. The summed E-state index contributed by atoms with van der Waals surface area (Å²) in [4.78, 5) is 4.96. The van der Waals surface area contributed by atoms with Crippen molar-refractivity contribution in [3.8, 4) is 0 Å². The molecule has 2 heterocycles. The van der Waals surface area contributed by atoms with E-state index in [1.165, 1.54) is 86.3 Å². The van der Waals surface area contributed by atoms with E-state index >= 15 is 0 Å². The van der Waals surface area contributed by atoms with Crippen molar-refractivity contribution >= 4 is 16.7 Å². The van der Waals surface area contributed by atoms with Gasteiger partial charge in [-0.3, -0.25) is 4.99 Å². The van der Waals surface area contributed by atoms with E-state index in [1.807, 2.05) is 12.5 Å². The molecule has 0 radical (unpaired) electrons. The number of allylic oxidation sites excluding steroid dienone is 1. The summed E-state index contributed by atoms with van der Waals surface area (Å²) in [6.07, 6.45) is 23.8. The molecule has 14 atom stereocenters. The quantitative estimate of drug-likeness (QED) is 0.0701. The SMILES string of the molecule is C=C1C[C@@]2(CC[C@H]([C@@H]3CC[C@H]4CC[C@H](O)C[C@]4(O)C3)C2)[C@@H]2O[C@]2(C)CC[C@@H]2[C@@H]1C[C@]2(C)[C@@H]1CC[C@H](CNC(N)=NC[C@H](CCc2ccccc2)c2cccc3cocc23)C1. The van der Waals surface area contributed by atoms with Gasteiger partial charge in [0.15, 0.2) is 5.96 Å². The van der Waals surface area contributed by atoms with Gasteiger partial charge in [0.1, 0.15) is 0 Å². The number of aliphatic hydroxyl groups is 2. The lowest BCUT2D eigenvalue weighted by atomic mass is 9.46. The smallest absolute Gasteiger partial charge is 0.188 e. The monoisotopic (exact) mass is 816 g/mol. The predicted octanol–water partition coefficient (Wildman–Crippen LogP) is 10.5. The Balaban J connectivity index is 0.751. The molecule has 7 fully saturated rings. The van der Waals surface area contributed by atoms with Gasteiger partial charge in [0.2, 0.25) is 0 Å². The fraction of sp³-hybridized carbons (Fsp3) is 0.679. The number of aryl methyl sites for hydroxylation is 1. The van der Waals surface area contributed by atoms with E-state index in [0.717, 1.165) is 62.8 Å². The minimum absolute atomic E-state index is 0.00547. The number of epoxide rings is 1. The molecule has 324 valence electrons. The van der Waals surface area contributed by atoms with Crippen LogP contribution in [0.2, 0.25) is 0 Å². The van der Waals surface area contributed by atoms with Gasteiger partial charge in [-0.05, 0) is 174 Å². The van der Waals surface area contributed by atoms with Crippen molar-refractivity contribution in [2.24, 2.45) is 63.0 Å². The number of aliphatic imine (C=N–C) groups is 1. The summed E-state index contributed by atoms with van der Waals surface area (Å²) in [5, 5.41) is 28.1. The Bertz CT molecular complexity index is 2050. The highest BCUT2D eigenvalue weighted by atomic mass is 16.6. The molecular formula is C53H73N3O4. The molecule has 5 N–H and O–H groups in total. The van der Waals surface area contributed by atoms with E-state index in [9.17, 15) is 10.2 Å². The summed E-state index contributed by atoms with van der Waals surface area (Å²) < 4.78 is 12.5. The zero-order chi connectivity index (χ0) is 41.3. The Labute approximate surface area is 359 Å². The summed E-state index contributed by atoms with van der Waals surface area (Å²) in [7, 11) is 0. The second-order valence-corrected chi connectivity index (χ2v) is 22.2. The van der Waals surface area contributed by atoms with Gasteiger partial charge in [-0.2, -0.15) is 0 Å².